The molecule has 3 N–H and O–H groups in total. The molecule has 2 rings (SSSR count). The molecule has 2 unspecified atom stereocenters. The molecule has 4 nitrogen and oxygen atoms in total. The Hall–Kier alpha value is -0.320. The maximum Gasteiger partial charge on any atom is 0.220 e. The molecule has 2 fully saturated rings. The van der Waals surface area contributed by atoms with E-state index in [0.29, 0.717) is 38.1 Å². The van der Waals surface area contributed by atoms with Crippen LogP contribution in [0.25, 0.3) is 0 Å². The van der Waals surface area contributed by atoms with E-state index in [1.807, 2.05) is 0 Å². The molecule has 0 bridgehead atoms. The van der Waals surface area contributed by atoms with Crippen LogP contribution in [-0.4, -0.2) is 31.7 Å². The van der Waals surface area contributed by atoms with E-state index in [4.69, 9.17) is 10.5 Å². The average molecular weight is 347 g/mol. The number of rotatable bonds is 7. The van der Waals surface area contributed by atoms with Gasteiger partial charge in [-0.25, -0.2) is 0 Å². The number of nitrogens with one attached hydrogen (secondary N) is 1. The van der Waals surface area contributed by atoms with E-state index in [1.165, 1.54) is 44.9 Å². The molecule has 0 saturated heterocycles. The summed E-state index contributed by atoms with van der Waals surface area (Å²) in [5.41, 5.74) is 6.01. The fourth-order valence-corrected chi connectivity index (χ4v) is 4.09. The smallest absolute Gasteiger partial charge is 0.220 e. The van der Waals surface area contributed by atoms with Crippen LogP contribution in [0, 0.1) is 11.3 Å². The number of carbonyl (C=O) groups excluding carboxylic acids is 1. The second-order valence-corrected chi connectivity index (χ2v) is 7.46. The SMILES string of the molecule is CC1CCCCC1OCCNC(=O)CC1(CN)CCCCC1.Cl. The van der Waals surface area contributed by atoms with E-state index in [-0.39, 0.29) is 23.7 Å². The number of carbonyl (C=O) groups is 1. The number of nitrogens with two attached hydrogens (primary N) is 1. The minimum Gasteiger partial charge on any atom is -0.376 e. The van der Waals surface area contributed by atoms with Crippen LogP contribution < -0.4 is 11.1 Å². The van der Waals surface area contributed by atoms with Gasteiger partial charge >= 0.3 is 0 Å². The lowest BCUT2D eigenvalue weighted by Crippen LogP contribution is -2.39. The first-order valence-electron chi connectivity index (χ1n) is 9.24. The van der Waals surface area contributed by atoms with Gasteiger partial charge in [0.1, 0.15) is 0 Å². The monoisotopic (exact) mass is 346 g/mol. The molecule has 5 heteroatoms. The predicted molar refractivity (Wildman–Crippen MR) is 96.8 cm³/mol. The van der Waals surface area contributed by atoms with E-state index in [1.54, 1.807) is 0 Å². The largest absolute Gasteiger partial charge is 0.376 e. The number of ether oxygens (including phenoxy) is 1. The third-order valence-corrected chi connectivity index (χ3v) is 5.67. The summed E-state index contributed by atoms with van der Waals surface area (Å²) >= 11 is 0. The Balaban J connectivity index is 0.00000264. The van der Waals surface area contributed by atoms with Gasteiger partial charge in [0.15, 0.2) is 0 Å². The number of amides is 1. The predicted octanol–water partition coefficient (Wildman–Crippen LogP) is 3.42. The summed E-state index contributed by atoms with van der Waals surface area (Å²) in [6.07, 6.45) is 12.0. The van der Waals surface area contributed by atoms with Gasteiger partial charge in [-0.3, -0.25) is 4.79 Å². The van der Waals surface area contributed by atoms with Gasteiger partial charge in [0.05, 0.1) is 12.7 Å². The maximum absolute atomic E-state index is 12.2. The molecule has 2 aliphatic rings. The third-order valence-electron chi connectivity index (χ3n) is 5.67. The minimum absolute atomic E-state index is 0. The molecule has 2 saturated carbocycles. The van der Waals surface area contributed by atoms with E-state index in [2.05, 4.69) is 12.2 Å². The summed E-state index contributed by atoms with van der Waals surface area (Å²) in [5.74, 6) is 0.805. The summed E-state index contributed by atoms with van der Waals surface area (Å²) in [7, 11) is 0. The second-order valence-electron chi connectivity index (χ2n) is 7.46. The maximum atomic E-state index is 12.2. The summed E-state index contributed by atoms with van der Waals surface area (Å²) in [4.78, 5) is 12.2. The van der Waals surface area contributed by atoms with Crippen molar-refractivity contribution in [2.45, 2.75) is 77.2 Å². The second kappa shape index (κ2) is 10.5. The first kappa shape index (κ1) is 20.7. The van der Waals surface area contributed by atoms with Gasteiger partial charge < -0.3 is 15.8 Å². The summed E-state index contributed by atoms with van der Waals surface area (Å²) in [5, 5.41) is 3.02. The Morgan fingerprint density at radius 2 is 1.87 bits per heavy atom. The highest BCUT2D eigenvalue weighted by atomic mass is 35.5. The van der Waals surface area contributed by atoms with Crippen molar-refractivity contribution in [2.75, 3.05) is 19.7 Å². The summed E-state index contributed by atoms with van der Waals surface area (Å²) in [6, 6.07) is 0. The zero-order valence-corrected chi connectivity index (χ0v) is 15.5. The van der Waals surface area contributed by atoms with Crippen LogP contribution in [-0.2, 0) is 9.53 Å². The van der Waals surface area contributed by atoms with Crippen molar-refractivity contribution in [1.82, 2.24) is 5.32 Å². The fraction of sp³-hybridized carbons (Fsp3) is 0.944. The van der Waals surface area contributed by atoms with Crippen molar-refractivity contribution < 1.29 is 9.53 Å². The topological polar surface area (TPSA) is 64.3 Å². The van der Waals surface area contributed by atoms with Crippen LogP contribution in [0.2, 0.25) is 0 Å². The normalized spacial score (nSPS) is 27.0. The van der Waals surface area contributed by atoms with E-state index in [0.717, 1.165) is 12.8 Å². The van der Waals surface area contributed by atoms with Crippen LogP contribution in [0.5, 0.6) is 0 Å². The van der Waals surface area contributed by atoms with Gasteiger partial charge in [0.2, 0.25) is 5.91 Å². The number of halogens is 1. The average Bonchev–Trinajstić information content (AvgIpc) is 2.54. The lowest BCUT2D eigenvalue weighted by Gasteiger charge is -2.35. The Morgan fingerprint density at radius 3 is 2.52 bits per heavy atom. The molecule has 2 atom stereocenters. The Labute approximate surface area is 147 Å². The molecule has 0 radical (unpaired) electrons. The summed E-state index contributed by atoms with van der Waals surface area (Å²) < 4.78 is 5.95. The van der Waals surface area contributed by atoms with Gasteiger partial charge in [0.25, 0.3) is 0 Å². The van der Waals surface area contributed by atoms with Gasteiger partial charge in [-0.15, -0.1) is 12.4 Å². The van der Waals surface area contributed by atoms with Gasteiger partial charge in [-0.2, -0.15) is 0 Å². The summed E-state index contributed by atoms with van der Waals surface area (Å²) in [6.45, 7) is 4.17. The number of hydrogen-bond acceptors (Lipinski definition) is 3. The van der Waals surface area contributed by atoms with E-state index in [9.17, 15) is 4.79 Å². The molecule has 0 aromatic heterocycles. The van der Waals surface area contributed by atoms with Crippen molar-refractivity contribution in [1.29, 1.82) is 0 Å². The lowest BCUT2D eigenvalue weighted by molar-refractivity contribution is -0.124. The first-order valence-corrected chi connectivity index (χ1v) is 9.24. The molecule has 2 aliphatic carbocycles. The molecule has 136 valence electrons. The standard InChI is InChI=1S/C18H34N2O2.ClH/c1-15-7-3-4-8-16(15)22-12-11-20-17(21)13-18(14-19)9-5-2-6-10-18;/h15-16H,2-14,19H2,1H3,(H,20,21);1H. The van der Waals surface area contributed by atoms with E-state index >= 15 is 0 Å². The van der Waals surface area contributed by atoms with Crippen LogP contribution in [0.15, 0.2) is 0 Å². The fourth-order valence-electron chi connectivity index (χ4n) is 4.09. The van der Waals surface area contributed by atoms with Crippen LogP contribution in [0.1, 0.15) is 71.1 Å². The molecule has 0 aromatic rings. The quantitative estimate of drug-likeness (QED) is 0.694. The lowest BCUT2D eigenvalue weighted by atomic mass is 9.72. The van der Waals surface area contributed by atoms with Crippen LogP contribution >= 0.6 is 12.4 Å². The molecule has 0 aliphatic heterocycles. The third kappa shape index (κ3) is 6.60. The zero-order valence-electron chi connectivity index (χ0n) is 14.6. The zero-order chi connectivity index (χ0) is 15.8. The highest BCUT2D eigenvalue weighted by Gasteiger charge is 2.32. The number of hydrogen-bond donors (Lipinski definition) is 2. The Kier molecular flexibility index (Phi) is 9.48. The Bertz CT molecular complexity index is 346. The van der Waals surface area contributed by atoms with Gasteiger partial charge in [-0.05, 0) is 43.6 Å². The molecular weight excluding hydrogens is 312 g/mol. The molecule has 1 amide bonds. The molecule has 0 spiro atoms. The van der Waals surface area contributed by atoms with Crippen molar-refractivity contribution in [3.05, 3.63) is 0 Å². The molecule has 0 aromatic carbocycles. The van der Waals surface area contributed by atoms with Crippen LogP contribution in [0.3, 0.4) is 0 Å². The molecule has 23 heavy (non-hydrogen) atoms. The van der Waals surface area contributed by atoms with Crippen molar-refractivity contribution in [3.8, 4) is 0 Å². The van der Waals surface area contributed by atoms with Gasteiger partial charge in [-0.1, -0.05) is 39.0 Å². The van der Waals surface area contributed by atoms with Crippen molar-refractivity contribution in [2.24, 2.45) is 17.1 Å². The highest BCUT2D eigenvalue weighted by Crippen LogP contribution is 2.38. The Morgan fingerprint density at radius 1 is 1.17 bits per heavy atom. The first-order chi connectivity index (χ1) is 10.7. The van der Waals surface area contributed by atoms with Gasteiger partial charge in [0, 0.05) is 13.0 Å². The van der Waals surface area contributed by atoms with Crippen molar-refractivity contribution >= 4 is 18.3 Å². The van der Waals surface area contributed by atoms with Crippen LogP contribution in [0.4, 0.5) is 0 Å². The minimum atomic E-state index is 0. The molecule has 0 heterocycles. The molecular formula is C18H35ClN2O2. The highest BCUT2D eigenvalue weighted by molar-refractivity contribution is 5.85. The van der Waals surface area contributed by atoms with E-state index < -0.39 is 0 Å². The van der Waals surface area contributed by atoms with Crippen molar-refractivity contribution in [3.63, 3.8) is 0 Å².